The molecule has 0 aromatic rings. The van der Waals surface area contributed by atoms with Crippen LogP contribution in [0.3, 0.4) is 0 Å². The molecule has 2 aliphatic carbocycles. The van der Waals surface area contributed by atoms with Crippen LogP contribution in [0.4, 0.5) is 0 Å². The fraction of sp³-hybridized carbons (Fsp3) is 1.00. The second-order valence-electron chi connectivity index (χ2n) is 10.5. The van der Waals surface area contributed by atoms with Crippen LogP contribution in [-0.2, 0) is 0 Å². The molecule has 0 N–H and O–H groups in total. The first-order chi connectivity index (χ1) is 12.0. The first-order valence-corrected chi connectivity index (χ1v) is 11.5. The summed E-state index contributed by atoms with van der Waals surface area (Å²) >= 11 is 0. The van der Waals surface area contributed by atoms with Crippen molar-refractivity contribution in [2.24, 2.45) is 16.7 Å². The highest BCUT2D eigenvalue weighted by Crippen LogP contribution is 2.49. The Morgan fingerprint density at radius 2 is 0.880 bits per heavy atom. The molecule has 2 nitrogen and oxygen atoms in total. The SMILES string of the molecule is CC(C(C)N1CCC2(CCCC2)CC1)C(C)N1CCC2(CCC2)CC1. The van der Waals surface area contributed by atoms with Crippen molar-refractivity contribution >= 4 is 0 Å². The largest absolute Gasteiger partial charge is 0.300 e. The molecule has 0 bridgehead atoms. The zero-order valence-corrected chi connectivity index (χ0v) is 17.2. The summed E-state index contributed by atoms with van der Waals surface area (Å²) in [6.45, 7) is 13.0. The molecule has 0 aromatic carbocycles. The average Bonchev–Trinajstić information content (AvgIpc) is 3.07. The van der Waals surface area contributed by atoms with Gasteiger partial charge in [-0.15, -0.1) is 0 Å². The van der Waals surface area contributed by atoms with Crippen LogP contribution in [0.25, 0.3) is 0 Å². The fourth-order valence-corrected chi connectivity index (χ4v) is 6.68. The lowest BCUT2D eigenvalue weighted by molar-refractivity contribution is -0.00828. The van der Waals surface area contributed by atoms with Gasteiger partial charge in [0.15, 0.2) is 0 Å². The Labute approximate surface area is 156 Å². The van der Waals surface area contributed by atoms with Crippen LogP contribution in [0.5, 0.6) is 0 Å². The maximum atomic E-state index is 2.84. The highest BCUT2D eigenvalue weighted by atomic mass is 15.2. The summed E-state index contributed by atoms with van der Waals surface area (Å²) < 4.78 is 0. The first-order valence-electron chi connectivity index (χ1n) is 11.5. The van der Waals surface area contributed by atoms with Crippen molar-refractivity contribution in [3.8, 4) is 0 Å². The molecule has 2 saturated heterocycles. The van der Waals surface area contributed by atoms with E-state index in [1.807, 2.05) is 0 Å². The minimum atomic E-state index is 0.744. The number of hydrogen-bond donors (Lipinski definition) is 0. The summed E-state index contributed by atoms with van der Waals surface area (Å²) in [4.78, 5) is 5.66. The molecule has 2 spiro atoms. The van der Waals surface area contributed by atoms with Gasteiger partial charge < -0.3 is 9.80 Å². The highest BCUT2D eigenvalue weighted by Gasteiger charge is 2.42. The lowest BCUT2D eigenvalue weighted by Gasteiger charge is -2.51. The Morgan fingerprint density at radius 1 is 0.520 bits per heavy atom. The van der Waals surface area contributed by atoms with Gasteiger partial charge in [-0.05, 0) is 108 Å². The van der Waals surface area contributed by atoms with Crippen molar-refractivity contribution in [2.45, 2.75) is 103 Å². The van der Waals surface area contributed by atoms with Gasteiger partial charge in [-0.2, -0.15) is 0 Å². The normalized spacial score (nSPS) is 33.2. The van der Waals surface area contributed by atoms with Crippen molar-refractivity contribution in [3.63, 3.8) is 0 Å². The van der Waals surface area contributed by atoms with Gasteiger partial charge in [0.05, 0.1) is 0 Å². The number of nitrogens with zero attached hydrogens (tertiary/aromatic N) is 2. The number of rotatable bonds is 4. The van der Waals surface area contributed by atoms with Crippen LogP contribution in [0, 0.1) is 16.7 Å². The maximum absolute atomic E-state index is 2.84. The Kier molecular flexibility index (Phi) is 5.23. The van der Waals surface area contributed by atoms with Crippen molar-refractivity contribution in [1.29, 1.82) is 0 Å². The second kappa shape index (κ2) is 7.15. The molecular formula is C23H42N2. The number of piperidine rings is 2. The molecule has 144 valence electrons. The number of likely N-dealkylation sites (tertiary alicyclic amines) is 2. The van der Waals surface area contributed by atoms with Crippen molar-refractivity contribution < 1.29 is 0 Å². The van der Waals surface area contributed by atoms with Gasteiger partial charge in [-0.25, -0.2) is 0 Å². The summed E-state index contributed by atoms with van der Waals surface area (Å²) in [5.74, 6) is 0.785. The minimum absolute atomic E-state index is 0.744. The van der Waals surface area contributed by atoms with E-state index >= 15 is 0 Å². The topological polar surface area (TPSA) is 6.48 Å². The quantitative estimate of drug-likeness (QED) is 0.679. The van der Waals surface area contributed by atoms with E-state index in [-0.39, 0.29) is 0 Å². The fourth-order valence-electron chi connectivity index (χ4n) is 6.68. The van der Waals surface area contributed by atoms with Crippen LogP contribution in [0.15, 0.2) is 0 Å². The molecular weight excluding hydrogens is 304 g/mol. The van der Waals surface area contributed by atoms with Gasteiger partial charge in [0.2, 0.25) is 0 Å². The van der Waals surface area contributed by atoms with Crippen LogP contribution in [0.2, 0.25) is 0 Å². The van der Waals surface area contributed by atoms with Crippen LogP contribution >= 0.6 is 0 Å². The molecule has 2 aliphatic heterocycles. The summed E-state index contributed by atoms with van der Waals surface area (Å²) in [5, 5.41) is 0. The van der Waals surface area contributed by atoms with Crippen molar-refractivity contribution in [1.82, 2.24) is 9.80 Å². The van der Waals surface area contributed by atoms with E-state index < -0.39 is 0 Å². The molecule has 0 amide bonds. The summed E-state index contributed by atoms with van der Waals surface area (Å²) in [6, 6.07) is 1.49. The van der Waals surface area contributed by atoms with Gasteiger partial charge >= 0.3 is 0 Å². The van der Waals surface area contributed by atoms with Crippen LogP contribution < -0.4 is 0 Å². The zero-order chi connectivity index (χ0) is 17.5. The van der Waals surface area contributed by atoms with Gasteiger partial charge in [-0.3, -0.25) is 0 Å². The van der Waals surface area contributed by atoms with E-state index in [2.05, 4.69) is 30.6 Å². The maximum Gasteiger partial charge on any atom is 0.0107 e. The summed E-state index contributed by atoms with van der Waals surface area (Å²) in [5.41, 5.74) is 1.54. The third kappa shape index (κ3) is 3.55. The molecule has 0 aromatic heterocycles. The van der Waals surface area contributed by atoms with Gasteiger partial charge in [0, 0.05) is 12.1 Å². The average molecular weight is 347 g/mol. The smallest absolute Gasteiger partial charge is 0.0107 e. The lowest BCUT2D eigenvalue weighted by Crippen LogP contribution is -2.53. The van der Waals surface area contributed by atoms with E-state index in [0.29, 0.717) is 0 Å². The molecule has 4 rings (SSSR count). The van der Waals surface area contributed by atoms with Gasteiger partial charge in [0.1, 0.15) is 0 Å². The second-order valence-corrected chi connectivity index (χ2v) is 10.5. The monoisotopic (exact) mass is 346 g/mol. The van der Waals surface area contributed by atoms with Gasteiger partial charge in [-0.1, -0.05) is 26.2 Å². The van der Waals surface area contributed by atoms with Crippen LogP contribution in [-0.4, -0.2) is 48.1 Å². The Hall–Kier alpha value is -0.0800. The Balaban J connectivity index is 1.27. The molecule has 2 heteroatoms. The lowest BCUT2D eigenvalue weighted by atomic mass is 9.63. The van der Waals surface area contributed by atoms with Crippen molar-refractivity contribution in [3.05, 3.63) is 0 Å². The Bertz CT molecular complexity index is 429. The molecule has 25 heavy (non-hydrogen) atoms. The minimum Gasteiger partial charge on any atom is -0.300 e. The molecule has 2 heterocycles. The Morgan fingerprint density at radius 3 is 1.20 bits per heavy atom. The number of hydrogen-bond acceptors (Lipinski definition) is 2. The van der Waals surface area contributed by atoms with Crippen LogP contribution in [0.1, 0.15) is 91.4 Å². The molecule has 3 atom stereocenters. The highest BCUT2D eigenvalue weighted by molar-refractivity contribution is 4.95. The molecule has 4 fully saturated rings. The standard InChI is InChI=1S/C23H42N2/c1-19(21(3)25-17-13-23(14-18-25)9-6-10-23)20(2)24-15-11-22(12-16-24)7-4-5-8-22/h19-21H,4-18H2,1-3H3. The third-order valence-electron chi connectivity index (χ3n) is 9.47. The molecule has 4 aliphatic rings. The molecule has 2 saturated carbocycles. The van der Waals surface area contributed by atoms with Gasteiger partial charge in [0.25, 0.3) is 0 Å². The predicted molar refractivity (Wildman–Crippen MR) is 107 cm³/mol. The third-order valence-corrected chi connectivity index (χ3v) is 9.47. The van der Waals surface area contributed by atoms with E-state index in [9.17, 15) is 0 Å². The summed E-state index contributed by atoms with van der Waals surface area (Å²) in [6.07, 6.45) is 16.5. The van der Waals surface area contributed by atoms with Crippen molar-refractivity contribution in [2.75, 3.05) is 26.2 Å². The molecule has 0 radical (unpaired) electrons. The van der Waals surface area contributed by atoms with E-state index in [1.54, 1.807) is 0 Å². The molecule has 3 unspecified atom stereocenters. The van der Waals surface area contributed by atoms with E-state index in [4.69, 9.17) is 0 Å². The zero-order valence-electron chi connectivity index (χ0n) is 17.2. The summed E-state index contributed by atoms with van der Waals surface area (Å²) in [7, 11) is 0. The predicted octanol–water partition coefficient (Wildman–Crippen LogP) is 5.32. The van der Waals surface area contributed by atoms with E-state index in [0.717, 1.165) is 28.8 Å². The van der Waals surface area contributed by atoms with E-state index in [1.165, 1.54) is 96.8 Å². The first kappa shape index (κ1) is 18.3.